The summed E-state index contributed by atoms with van der Waals surface area (Å²) >= 11 is 0. The molecule has 0 aromatic heterocycles. The van der Waals surface area contributed by atoms with E-state index in [1.54, 1.807) is 0 Å². The molecule has 2 unspecified atom stereocenters. The smallest absolute Gasteiger partial charge is 0.462 e. The van der Waals surface area contributed by atoms with Crippen molar-refractivity contribution in [3.8, 4) is 0 Å². The molecular weight excluding hydrogens is 1430 g/mol. The van der Waals surface area contributed by atoms with E-state index in [1.165, 1.54) is 180 Å². The number of hydrogen-bond donors (Lipinski definition) is 8. The Labute approximate surface area is 705 Å². The number of ether oxygens (including phenoxy) is 2. The van der Waals surface area contributed by atoms with Gasteiger partial charge in [-0.3, -0.25) is 37.3 Å². The van der Waals surface area contributed by atoms with Gasteiger partial charge in [-0.15, -0.1) is 0 Å². The Balaban J connectivity index is -0.0000551. The minimum absolute atomic E-state index is 0. The zero-order chi connectivity index (χ0) is 77.8. The van der Waals surface area contributed by atoms with Crippen molar-refractivity contribution in [1.29, 1.82) is 0 Å². The van der Waals surface area contributed by atoms with Gasteiger partial charge in [0, 0.05) is 111 Å². The third-order valence-electron chi connectivity index (χ3n) is 19.8. The first-order chi connectivity index (χ1) is 51.5. The average molecular weight is 1600 g/mol. The Morgan fingerprint density at radius 3 is 0.815 bits per heavy atom. The van der Waals surface area contributed by atoms with E-state index in [2.05, 4.69) is 73.4 Å². The van der Waals surface area contributed by atoms with Crippen LogP contribution in [0.3, 0.4) is 0 Å². The van der Waals surface area contributed by atoms with Gasteiger partial charge in [0.1, 0.15) is 12.2 Å². The molecule has 25 heteroatoms. The number of amides is 4. The first kappa shape index (κ1) is 111. The van der Waals surface area contributed by atoms with Crippen molar-refractivity contribution in [3.63, 3.8) is 0 Å². The number of hydrogen-bond acceptors (Lipinski definition) is 15. The zero-order valence-electron chi connectivity index (χ0n) is 71.0. The summed E-state index contributed by atoms with van der Waals surface area (Å²) < 4.78 is 59.8. The largest absolute Gasteiger partial charge is 0.472 e. The first-order valence-corrected chi connectivity index (χ1v) is 47.2. The van der Waals surface area contributed by atoms with Gasteiger partial charge in [-0.25, -0.2) is 13.9 Å². The van der Waals surface area contributed by atoms with Crippen molar-refractivity contribution in [3.05, 3.63) is 0 Å². The molecule has 0 saturated heterocycles. The van der Waals surface area contributed by atoms with Crippen LogP contribution in [0.2, 0.25) is 0 Å². The van der Waals surface area contributed by atoms with Crippen molar-refractivity contribution in [2.24, 2.45) is 0 Å². The molecule has 108 heavy (non-hydrogen) atoms. The van der Waals surface area contributed by atoms with Crippen LogP contribution in [0, 0.1) is 0 Å². The number of nitrogens with one attached hydrogen (secondary N) is 6. The summed E-state index contributed by atoms with van der Waals surface area (Å²) in [7, 11) is -9.34. The summed E-state index contributed by atoms with van der Waals surface area (Å²) in [6.07, 6.45) is 61.0. The summed E-state index contributed by atoms with van der Waals surface area (Å²) in [6.45, 7) is 12.8. The predicted octanol–water partition coefficient (Wildman–Crippen LogP) is 20.5. The van der Waals surface area contributed by atoms with Gasteiger partial charge in [0.2, 0.25) is 11.8 Å². The molecule has 0 spiro atoms. The van der Waals surface area contributed by atoms with Crippen LogP contribution in [0.15, 0.2) is 0 Å². The number of unbranched alkanes of at least 4 members (excludes halogenated alkanes) is 44. The van der Waals surface area contributed by atoms with Crippen molar-refractivity contribution >= 4 is 105 Å². The quantitative estimate of drug-likeness (QED) is 0.0122. The first-order valence-electron chi connectivity index (χ1n) is 44.2. The molecule has 0 saturated carbocycles. The molecule has 0 aliphatic heterocycles. The van der Waals surface area contributed by atoms with E-state index in [0.29, 0.717) is 51.6 Å². The Kier molecular flexibility index (Phi) is 86.9. The normalized spacial score (nSPS) is 13.6. The summed E-state index contributed by atoms with van der Waals surface area (Å²) in [6, 6.07) is -2.08. The summed E-state index contributed by atoms with van der Waals surface area (Å²) in [5.74, 6) is -0.703. The molecule has 6 atom stereocenters. The van der Waals surface area contributed by atoms with E-state index in [4.69, 9.17) is 27.6 Å². The second kappa shape index (κ2) is 84.2. The Hall–Kier alpha value is -0.710. The number of phosphoric ester groups is 2. The van der Waals surface area contributed by atoms with E-state index >= 15 is 0 Å². The standard InChI is InChI=1S/C83H166N6O15P2.2Na/c1-7-13-19-25-29-33-35-39-41-47-53-59-79(90)88-75(71-84-65-63-77(57-51-45-23-17-11-5)103-81(92)61-55-49-43-37-31-27-21-15-9-3)73-101-105(95,96)99-69-67-86-83(94)87-68-70-100-106(97,98)102-74-76(89-80(91)60-54-48-42-40-36-34-30-26-20-14-8-2)72-85-66-64-78(58-52-46-24-18-12-6)104-82(93)62-56-50-44-38-32-28-22-16-10-4;;/h75-78,84-85H,7-74H2,1-6H3,(H,88,90)(H,89,91)(H,95,96)(H,97,98)(H2,86,87,94);;/t75-,76-,77-,78-;;/m1../s1. The predicted molar refractivity (Wildman–Crippen MR) is 448 cm³/mol. The fourth-order valence-corrected chi connectivity index (χ4v) is 14.7. The number of rotatable bonds is 84. The molecule has 0 aliphatic rings. The topological polar surface area (TPSA) is 288 Å². The monoisotopic (exact) mass is 1600 g/mol. The summed E-state index contributed by atoms with van der Waals surface area (Å²) in [5.41, 5.74) is 0. The van der Waals surface area contributed by atoms with Gasteiger partial charge in [0.15, 0.2) is 0 Å². The fraction of sp³-hybridized carbons (Fsp3) is 0.940. The third kappa shape index (κ3) is 80.5. The number of urea groups is 1. The van der Waals surface area contributed by atoms with Crippen LogP contribution >= 0.6 is 15.6 Å². The molecule has 0 bridgehead atoms. The molecule has 8 N–H and O–H groups in total. The molecule has 0 rings (SSSR count). The number of carbonyl (C=O) groups is 5. The molecule has 630 valence electrons. The number of carbonyl (C=O) groups excluding carboxylic acids is 5. The van der Waals surface area contributed by atoms with E-state index < -0.39 is 47.0 Å². The van der Waals surface area contributed by atoms with Gasteiger partial charge in [-0.2, -0.15) is 0 Å². The van der Waals surface area contributed by atoms with Gasteiger partial charge in [-0.1, -0.05) is 324 Å². The van der Waals surface area contributed by atoms with Crippen LogP contribution in [0.25, 0.3) is 0 Å². The van der Waals surface area contributed by atoms with Gasteiger partial charge in [0.25, 0.3) is 0 Å². The van der Waals surface area contributed by atoms with Crippen molar-refractivity contribution in [2.75, 3.05) is 65.7 Å². The molecule has 0 aromatic carbocycles. The van der Waals surface area contributed by atoms with Crippen LogP contribution in [0.4, 0.5) is 4.79 Å². The van der Waals surface area contributed by atoms with Gasteiger partial charge >= 0.3 is 33.6 Å². The second-order valence-electron chi connectivity index (χ2n) is 30.2. The number of esters is 2. The molecule has 4 amide bonds. The van der Waals surface area contributed by atoms with E-state index in [9.17, 15) is 42.9 Å². The molecule has 0 aliphatic carbocycles. The van der Waals surface area contributed by atoms with Crippen LogP contribution in [0.1, 0.15) is 414 Å². The maximum atomic E-state index is 13.3. The van der Waals surface area contributed by atoms with Crippen LogP contribution in [0.5, 0.6) is 0 Å². The molecular formula is C83H166N6Na2O15P2. The Bertz CT molecular complexity index is 1980. The van der Waals surface area contributed by atoms with Crippen LogP contribution in [-0.4, -0.2) is 189 Å². The summed E-state index contributed by atoms with van der Waals surface area (Å²) in [5, 5.41) is 17.8. The Morgan fingerprint density at radius 1 is 0.306 bits per heavy atom. The molecule has 0 aromatic rings. The molecule has 2 radical (unpaired) electrons. The van der Waals surface area contributed by atoms with Crippen LogP contribution < -0.4 is 31.9 Å². The summed E-state index contributed by atoms with van der Waals surface area (Å²) in [4.78, 5) is 87.0. The maximum Gasteiger partial charge on any atom is 0.472 e. The molecule has 21 nitrogen and oxygen atoms in total. The van der Waals surface area contributed by atoms with Crippen molar-refractivity contribution in [1.82, 2.24) is 31.9 Å². The Morgan fingerprint density at radius 2 is 0.546 bits per heavy atom. The van der Waals surface area contributed by atoms with Crippen molar-refractivity contribution in [2.45, 2.75) is 438 Å². The SMILES string of the molecule is CCCCCCCCCCCCCC(=O)N[C@H](CNCC[C@@H](CCCCCCC)OC(=O)CCCCCCCCCCC)COP(=O)(O)OCCNC(=O)NCCOP(=O)(O)OC[C@@H](CNCC[C@@H](CCCCCCC)OC(=O)CCCCCCCCCCC)NC(=O)CCCCCCCCCCCCC.[Na].[Na]. The number of phosphoric acid groups is 2. The average Bonchev–Trinajstić information content (AvgIpc) is 0.915. The fourth-order valence-electron chi connectivity index (χ4n) is 13.2. The molecule has 0 heterocycles. The van der Waals surface area contributed by atoms with Crippen LogP contribution in [-0.2, 0) is 55.9 Å². The minimum atomic E-state index is -4.67. The zero-order valence-corrected chi connectivity index (χ0v) is 76.8. The molecule has 0 fully saturated rings. The second-order valence-corrected chi connectivity index (χ2v) is 33.2. The van der Waals surface area contributed by atoms with Crippen molar-refractivity contribution < 1.29 is 70.5 Å². The van der Waals surface area contributed by atoms with Gasteiger partial charge in [-0.05, 0) is 77.3 Å². The van der Waals surface area contributed by atoms with E-state index in [-0.39, 0.29) is 134 Å². The maximum absolute atomic E-state index is 13.3. The third-order valence-corrected chi connectivity index (χ3v) is 21.8. The minimum Gasteiger partial charge on any atom is -0.462 e. The van der Waals surface area contributed by atoms with E-state index in [1.807, 2.05) is 0 Å². The van der Waals surface area contributed by atoms with Gasteiger partial charge < -0.3 is 51.2 Å². The van der Waals surface area contributed by atoms with Gasteiger partial charge in [0.05, 0.1) is 38.5 Å². The van der Waals surface area contributed by atoms with E-state index in [0.717, 1.165) is 154 Å².